The Kier molecular flexibility index (Phi) is 3.31. The summed E-state index contributed by atoms with van der Waals surface area (Å²) in [5.74, 6) is -0.698. The smallest absolute Gasteiger partial charge is 0.261 e. The van der Waals surface area contributed by atoms with Gasteiger partial charge < -0.3 is 5.11 Å². The molecular weight excluding hydrogens is 266 g/mol. The van der Waals surface area contributed by atoms with Crippen molar-refractivity contribution in [1.82, 2.24) is 4.90 Å². The van der Waals surface area contributed by atoms with E-state index >= 15 is 0 Å². The minimum atomic E-state index is -0.909. The predicted molar refractivity (Wildman–Crippen MR) is 77.8 cm³/mol. The second-order valence-corrected chi connectivity index (χ2v) is 5.12. The second-order valence-electron chi connectivity index (χ2n) is 5.12. The summed E-state index contributed by atoms with van der Waals surface area (Å²) in [5, 5.41) is 10.4. The van der Waals surface area contributed by atoms with Crippen LogP contribution in [0.25, 0.3) is 0 Å². The minimum Gasteiger partial charge on any atom is -0.386 e. The number of carbonyl (C=O) groups excluding carboxylic acids is 2. The molecule has 106 valence electrons. The van der Waals surface area contributed by atoms with Gasteiger partial charge in [-0.15, -0.1) is 0 Å². The molecule has 0 bridgehead atoms. The average Bonchev–Trinajstić information content (AvgIpc) is 2.79. The first kappa shape index (κ1) is 13.5. The van der Waals surface area contributed by atoms with E-state index in [0.717, 1.165) is 4.90 Å². The third-order valence-corrected chi connectivity index (χ3v) is 3.83. The SMILES string of the molecule is CC(C(O)c1ccccc1)N1C(=O)c2ccccc2C1=O. The Labute approximate surface area is 122 Å². The highest BCUT2D eigenvalue weighted by Gasteiger charge is 2.40. The number of aliphatic hydroxyl groups excluding tert-OH is 1. The molecule has 1 heterocycles. The topological polar surface area (TPSA) is 57.6 Å². The molecule has 2 aromatic carbocycles. The molecule has 0 radical (unpaired) electrons. The summed E-state index contributed by atoms with van der Waals surface area (Å²) in [6, 6.07) is 15.1. The molecule has 0 aromatic heterocycles. The molecule has 4 heteroatoms. The number of hydrogen-bond acceptors (Lipinski definition) is 3. The number of amides is 2. The van der Waals surface area contributed by atoms with Crippen LogP contribution in [0.2, 0.25) is 0 Å². The van der Waals surface area contributed by atoms with Gasteiger partial charge in [0.25, 0.3) is 11.8 Å². The molecule has 1 aliphatic rings. The van der Waals surface area contributed by atoms with Crippen LogP contribution >= 0.6 is 0 Å². The normalized spacial score (nSPS) is 16.8. The van der Waals surface area contributed by atoms with E-state index in [1.54, 1.807) is 43.3 Å². The molecule has 0 spiro atoms. The van der Waals surface area contributed by atoms with Gasteiger partial charge in [-0.05, 0) is 24.6 Å². The van der Waals surface area contributed by atoms with Gasteiger partial charge in [0.05, 0.1) is 23.3 Å². The van der Waals surface area contributed by atoms with Crippen LogP contribution in [0.3, 0.4) is 0 Å². The molecule has 0 saturated carbocycles. The van der Waals surface area contributed by atoms with E-state index in [1.807, 2.05) is 18.2 Å². The van der Waals surface area contributed by atoms with Gasteiger partial charge >= 0.3 is 0 Å². The van der Waals surface area contributed by atoms with Crippen LogP contribution in [-0.2, 0) is 0 Å². The van der Waals surface area contributed by atoms with Crippen LogP contribution in [0.15, 0.2) is 54.6 Å². The Morgan fingerprint density at radius 1 is 0.857 bits per heavy atom. The molecule has 1 N–H and O–H groups in total. The highest BCUT2D eigenvalue weighted by Crippen LogP contribution is 2.29. The molecule has 0 fully saturated rings. The quantitative estimate of drug-likeness (QED) is 0.879. The fraction of sp³-hybridized carbons (Fsp3) is 0.176. The van der Waals surface area contributed by atoms with Crippen molar-refractivity contribution in [2.75, 3.05) is 0 Å². The highest BCUT2D eigenvalue weighted by molar-refractivity contribution is 6.21. The minimum absolute atomic E-state index is 0.349. The van der Waals surface area contributed by atoms with Gasteiger partial charge in [0.2, 0.25) is 0 Å². The molecular formula is C17H15NO3. The van der Waals surface area contributed by atoms with Crippen molar-refractivity contribution in [2.24, 2.45) is 0 Å². The van der Waals surface area contributed by atoms with Crippen molar-refractivity contribution >= 4 is 11.8 Å². The Morgan fingerprint density at radius 2 is 1.33 bits per heavy atom. The van der Waals surface area contributed by atoms with Crippen LogP contribution in [0.5, 0.6) is 0 Å². The zero-order valence-corrected chi connectivity index (χ0v) is 11.6. The number of imide groups is 1. The molecule has 21 heavy (non-hydrogen) atoms. The zero-order valence-electron chi connectivity index (χ0n) is 11.6. The van der Waals surface area contributed by atoms with E-state index in [-0.39, 0.29) is 11.8 Å². The van der Waals surface area contributed by atoms with Gasteiger partial charge in [-0.1, -0.05) is 42.5 Å². The average molecular weight is 281 g/mol. The summed E-state index contributed by atoms with van der Waals surface area (Å²) in [6.07, 6.45) is -0.909. The van der Waals surface area contributed by atoms with E-state index in [9.17, 15) is 14.7 Å². The number of rotatable bonds is 3. The highest BCUT2D eigenvalue weighted by atomic mass is 16.3. The van der Waals surface area contributed by atoms with Gasteiger partial charge in [-0.2, -0.15) is 0 Å². The van der Waals surface area contributed by atoms with Crippen molar-refractivity contribution in [2.45, 2.75) is 19.1 Å². The van der Waals surface area contributed by atoms with Gasteiger partial charge in [-0.3, -0.25) is 14.5 Å². The molecule has 0 saturated heterocycles. The van der Waals surface area contributed by atoms with E-state index in [0.29, 0.717) is 16.7 Å². The first-order valence-electron chi connectivity index (χ1n) is 6.81. The maximum Gasteiger partial charge on any atom is 0.261 e. The lowest BCUT2D eigenvalue weighted by atomic mass is 10.0. The van der Waals surface area contributed by atoms with Crippen LogP contribution < -0.4 is 0 Å². The van der Waals surface area contributed by atoms with Crippen molar-refractivity contribution in [3.63, 3.8) is 0 Å². The van der Waals surface area contributed by atoms with Crippen LogP contribution in [0.4, 0.5) is 0 Å². The lowest BCUT2D eigenvalue weighted by Gasteiger charge is -2.27. The molecule has 0 aliphatic carbocycles. The van der Waals surface area contributed by atoms with Crippen molar-refractivity contribution in [3.8, 4) is 0 Å². The number of hydrogen-bond donors (Lipinski definition) is 1. The number of fused-ring (bicyclic) bond motifs is 1. The summed E-state index contributed by atoms with van der Waals surface area (Å²) in [6.45, 7) is 1.68. The van der Waals surface area contributed by atoms with Gasteiger partial charge in [0.15, 0.2) is 0 Å². The van der Waals surface area contributed by atoms with Crippen LogP contribution in [-0.4, -0.2) is 27.9 Å². The molecule has 2 atom stereocenters. The summed E-state index contributed by atoms with van der Waals surface area (Å²) in [4.78, 5) is 25.9. The maximum atomic E-state index is 12.4. The summed E-state index contributed by atoms with van der Waals surface area (Å²) in [7, 11) is 0. The van der Waals surface area contributed by atoms with Crippen molar-refractivity contribution in [3.05, 3.63) is 71.3 Å². The lowest BCUT2D eigenvalue weighted by molar-refractivity contribution is 0.0376. The number of nitrogens with zero attached hydrogens (tertiary/aromatic N) is 1. The third kappa shape index (κ3) is 2.14. The molecule has 3 rings (SSSR count). The zero-order chi connectivity index (χ0) is 15.0. The Balaban J connectivity index is 1.92. The number of aliphatic hydroxyl groups is 1. The predicted octanol–water partition coefficient (Wildman–Crippen LogP) is 2.40. The molecule has 2 aromatic rings. The summed E-state index contributed by atoms with van der Waals surface area (Å²) in [5.41, 5.74) is 1.48. The summed E-state index contributed by atoms with van der Waals surface area (Å²) < 4.78 is 0. The fourth-order valence-corrected chi connectivity index (χ4v) is 2.65. The first-order valence-corrected chi connectivity index (χ1v) is 6.81. The van der Waals surface area contributed by atoms with Gasteiger partial charge in [0.1, 0.15) is 0 Å². The standard InChI is InChI=1S/C17H15NO3/c1-11(15(19)12-7-3-2-4-8-12)18-16(20)13-9-5-6-10-14(13)17(18)21/h2-11,15,19H,1H3. The lowest BCUT2D eigenvalue weighted by Crippen LogP contribution is -2.41. The molecule has 4 nitrogen and oxygen atoms in total. The maximum absolute atomic E-state index is 12.4. The Hall–Kier alpha value is -2.46. The number of carbonyl (C=O) groups is 2. The first-order chi connectivity index (χ1) is 10.1. The van der Waals surface area contributed by atoms with E-state index < -0.39 is 12.1 Å². The van der Waals surface area contributed by atoms with Crippen LogP contribution in [0.1, 0.15) is 39.3 Å². The number of benzene rings is 2. The third-order valence-electron chi connectivity index (χ3n) is 3.83. The van der Waals surface area contributed by atoms with Crippen molar-refractivity contribution in [1.29, 1.82) is 0 Å². The fourth-order valence-electron chi connectivity index (χ4n) is 2.65. The largest absolute Gasteiger partial charge is 0.386 e. The molecule has 1 aliphatic heterocycles. The van der Waals surface area contributed by atoms with E-state index in [1.165, 1.54) is 0 Å². The van der Waals surface area contributed by atoms with E-state index in [4.69, 9.17) is 0 Å². The van der Waals surface area contributed by atoms with Gasteiger partial charge in [0, 0.05) is 0 Å². The van der Waals surface area contributed by atoms with Gasteiger partial charge in [-0.25, -0.2) is 0 Å². The Bertz CT molecular complexity index is 661. The Morgan fingerprint density at radius 3 is 1.86 bits per heavy atom. The monoisotopic (exact) mass is 281 g/mol. The molecule has 2 amide bonds. The summed E-state index contributed by atoms with van der Waals surface area (Å²) >= 11 is 0. The second kappa shape index (κ2) is 5.14. The molecule has 2 unspecified atom stereocenters. The van der Waals surface area contributed by atoms with Crippen molar-refractivity contribution < 1.29 is 14.7 Å². The van der Waals surface area contributed by atoms with E-state index in [2.05, 4.69) is 0 Å². The van der Waals surface area contributed by atoms with Crippen LogP contribution in [0, 0.1) is 0 Å².